The highest BCUT2D eigenvalue weighted by atomic mass is 16.2. The Balaban J connectivity index is 1.82. The van der Waals surface area contributed by atoms with Gasteiger partial charge in [0.25, 0.3) is 5.91 Å². The van der Waals surface area contributed by atoms with Crippen LogP contribution in [0.1, 0.15) is 12.0 Å². The van der Waals surface area contributed by atoms with Crippen LogP contribution in [-0.4, -0.2) is 34.3 Å². The summed E-state index contributed by atoms with van der Waals surface area (Å²) in [6.45, 7) is 0.909. The molecule has 0 bridgehead atoms. The number of carbonyl (C=O) groups is 2. The molecule has 0 saturated carbocycles. The normalized spacial score (nSPS) is 22.6. The number of benzene rings is 1. The van der Waals surface area contributed by atoms with Crippen molar-refractivity contribution >= 4 is 11.9 Å². The van der Waals surface area contributed by atoms with Crippen LogP contribution in [0.15, 0.2) is 42.5 Å². The molecule has 0 radical (unpaired) electrons. The molecule has 0 spiro atoms. The SMILES string of the molecule is O=C1C2CC=CCN2C(=O)N1Cc1ccccc1. The molecule has 3 rings (SSSR count). The van der Waals surface area contributed by atoms with Crippen molar-refractivity contribution < 1.29 is 9.59 Å². The van der Waals surface area contributed by atoms with Gasteiger partial charge in [-0.1, -0.05) is 42.5 Å². The molecule has 2 aliphatic rings. The van der Waals surface area contributed by atoms with Crippen LogP contribution in [0.3, 0.4) is 0 Å². The second-order valence-electron chi connectivity index (χ2n) is 4.57. The number of urea groups is 1. The van der Waals surface area contributed by atoms with Crippen LogP contribution in [0.2, 0.25) is 0 Å². The van der Waals surface area contributed by atoms with Gasteiger partial charge in [0.05, 0.1) is 6.54 Å². The van der Waals surface area contributed by atoms with Crippen molar-refractivity contribution in [1.29, 1.82) is 0 Å². The fourth-order valence-corrected chi connectivity index (χ4v) is 2.45. The number of amides is 3. The van der Waals surface area contributed by atoms with Gasteiger partial charge in [-0.2, -0.15) is 0 Å². The zero-order valence-corrected chi connectivity index (χ0v) is 9.95. The van der Waals surface area contributed by atoms with Crippen LogP contribution in [0.25, 0.3) is 0 Å². The summed E-state index contributed by atoms with van der Waals surface area (Å²) in [5, 5.41) is 0. The Kier molecular flexibility index (Phi) is 2.63. The van der Waals surface area contributed by atoms with Gasteiger partial charge in [-0.05, 0) is 12.0 Å². The van der Waals surface area contributed by atoms with Crippen LogP contribution in [-0.2, 0) is 11.3 Å². The lowest BCUT2D eigenvalue weighted by atomic mass is 10.1. The summed E-state index contributed by atoms with van der Waals surface area (Å²) in [7, 11) is 0. The minimum atomic E-state index is -0.286. The quantitative estimate of drug-likeness (QED) is 0.586. The van der Waals surface area contributed by atoms with Crippen LogP contribution >= 0.6 is 0 Å². The molecule has 0 N–H and O–H groups in total. The highest BCUT2D eigenvalue weighted by Gasteiger charge is 2.44. The second kappa shape index (κ2) is 4.29. The molecule has 18 heavy (non-hydrogen) atoms. The van der Waals surface area contributed by atoms with E-state index in [-0.39, 0.29) is 18.0 Å². The number of hydrogen-bond donors (Lipinski definition) is 0. The first-order valence-electron chi connectivity index (χ1n) is 6.08. The van der Waals surface area contributed by atoms with Gasteiger partial charge < -0.3 is 4.90 Å². The lowest BCUT2D eigenvalue weighted by molar-refractivity contribution is -0.128. The lowest BCUT2D eigenvalue weighted by Gasteiger charge is -2.22. The summed E-state index contributed by atoms with van der Waals surface area (Å²) in [5.41, 5.74) is 0.979. The second-order valence-corrected chi connectivity index (χ2v) is 4.57. The van der Waals surface area contributed by atoms with E-state index in [1.165, 1.54) is 4.90 Å². The minimum absolute atomic E-state index is 0.0757. The third kappa shape index (κ3) is 1.70. The van der Waals surface area contributed by atoms with E-state index in [4.69, 9.17) is 0 Å². The monoisotopic (exact) mass is 242 g/mol. The number of carbonyl (C=O) groups excluding carboxylic acids is 2. The molecule has 92 valence electrons. The van der Waals surface area contributed by atoms with Gasteiger partial charge in [0, 0.05) is 6.54 Å². The molecule has 0 aromatic heterocycles. The Labute approximate surface area is 105 Å². The average Bonchev–Trinajstić information content (AvgIpc) is 2.66. The van der Waals surface area contributed by atoms with Gasteiger partial charge in [0.2, 0.25) is 0 Å². The molecule has 1 aromatic rings. The Hall–Kier alpha value is -2.10. The van der Waals surface area contributed by atoms with Gasteiger partial charge in [0.1, 0.15) is 6.04 Å². The van der Waals surface area contributed by atoms with E-state index in [1.807, 2.05) is 42.5 Å². The topological polar surface area (TPSA) is 40.6 Å². The fourth-order valence-electron chi connectivity index (χ4n) is 2.45. The maximum Gasteiger partial charge on any atom is 0.328 e. The first kappa shape index (κ1) is 11.0. The number of hydrogen-bond acceptors (Lipinski definition) is 2. The lowest BCUT2D eigenvalue weighted by Crippen LogP contribution is -2.36. The molecule has 4 nitrogen and oxygen atoms in total. The van der Waals surface area contributed by atoms with Crippen molar-refractivity contribution in [2.24, 2.45) is 0 Å². The summed E-state index contributed by atoms with van der Waals surface area (Å²) >= 11 is 0. The molecule has 2 aliphatic heterocycles. The van der Waals surface area contributed by atoms with E-state index in [0.29, 0.717) is 19.5 Å². The maximum absolute atomic E-state index is 12.2. The number of fused-ring (bicyclic) bond motifs is 1. The fraction of sp³-hybridized carbons (Fsp3) is 0.286. The maximum atomic E-state index is 12.2. The first-order chi connectivity index (χ1) is 8.77. The molecule has 1 saturated heterocycles. The summed E-state index contributed by atoms with van der Waals surface area (Å²) in [5.74, 6) is -0.0757. The molecule has 2 heterocycles. The van der Waals surface area contributed by atoms with E-state index < -0.39 is 0 Å². The Morgan fingerprint density at radius 2 is 1.89 bits per heavy atom. The molecule has 3 amide bonds. The van der Waals surface area contributed by atoms with Gasteiger partial charge in [-0.3, -0.25) is 9.69 Å². The van der Waals surface area contributed by atoms with Gasteiger partial charge in [-0.25, -0.2) is 4.79 Å². The molecule has 1 aromatic carbocycles. The zero-order valence-electron chi connectivity index (χ0n) is 9.95. The molecular formula is C14H14N2O2. The third-order valence-corrected chi connectivity index (χ3v) is 3.42. The number of nitrogens with zero attached hydrogens (tertiary/aromatic N) is 2. The summed E-state index contributed by atoms with van der Waals surface area (Å²) in [6, 6.07) is 9.14. The van der Waals surface area contributed by atoms with E-state index >= 15 is 0 Å². The van der Waals surface area contributed by atoms with Gasteiger partial charge >= 0.3 is 6.03 Å². The van der Waals surface area contributed by atoms with E-state index in [1.54, 1.807) is 4.90 Å². The van der Waals surface area contributed by atoms with Crippen LogP contribution in [0, 0.1) is 0 Å². The average molecular weight is 242 g/mol. The molecular weight excluding hydrogens is 228 g/mol. The van der Waals surface area contributed by atoms with Crippen molar-refractivity contribution in [2.75, 3.05) is 6.54 Å². The molecule has 4 heteroatoms. The zero-order chi connectivity index (χ0) is 12.5. The highest BCUT2D eigenvalue weighted by molar-refractivity contribution is 6.04. The van der Waals surface area contributed by atoms with E-state index in [0.717, 1.165) is 5.56 Å². The van der Waals surface area contributed by atoms with Crippen molar-refractivity contribution in [2.45, 2.75) is 19.0 Å². The van der Waals surface area contributed by atoms with Gasteiger partial charge in [0.15, 0.2) is 0 Å². The van der Waals surface area contributed by atoms with Crippen molar-refractivity contribution in [3.8, 4) is 0 Å². The van der Waals surface area contributed by atoms with Crippen LogP contribution in [0.4, 0.5) is 4.79 Å². The number of imide groups is 1. The minimum Gasteiger partial charge on any atom is -0.308 e. The molecule has 1 atom stereocenters. The van der Waals surface area contributed by atoms with Crippen LogP contribution in [0.5, 0.6) is 0 Å². The molecule has 0 aliphatic carbocycles. The van der Waals surface area contributed by atoms with Crippen molar-refractivity contribution in [1.82, 2.24) is 9.80 Å². The highest BCUT2D eigenvalue weighted by Crippen LogP contribution is 2.24. The predicted octanol–water partition coefficient (Wildman–Crippen LogP) is 1.78. The first-order valence-corrected chi connectivity index (χ1v) is 6.08. The largest absolute Gasteiger partial charge is 0.328 e. The third-order valence-electron chi connectivity index (χ3n) is 3.42. The van der Waals surface area contributed by atoms with Crippen molar-refractivity contribution in [3.63, 3.8) is 0 Å². The van der Waals surface area contributed by atoms with E-state index in [9.17, 15) is 9.59 Å². The standard InChI is InChI=1S/C14H14N2O2/c17-13-12-8-4-5-9-15(12)14(18)16(13)10-11-6-2-1-3-7-11/h1-7,12H,8-10H2. The Morgan fingerprint density at radius 3 is 2.61 bits per heavy atom. The Morgan fingerprint density at radius 1 is 1.11 bits per heavy atom. The smallest absolute Gasteiger partial charge is 0.308 e. The molecule has 1 fully saturated rings. The molecule has 1 unspecified atom stereocenters. The van der Waals surface area contributed by atoms with Crippen molar-refractivity contribution in [3.05, 3.63) is 48.0 Å². The summed E-state index contributed by atoms with van der Waals surface area (Å²) in [4.78, 5) is 27.3. The van der Waals surface area contributed by atoms with E-state index in [2.05, 4.69) is 0 Å². The van der Waals surface area contributed by atoms with Crippen LogP contribution < -0.4 is 0 Å². The number of rotatable bonds is 2. The summed E-state index contributed by atoms with van der Waals surface area (Å²) in [6.07, 6.45) is 4.54. The summed E-state index contributed by atoms with van der Waals surface area (Å²) < 4.78 is 0. The van der Waals surface area contributed by atoms with Gasteiger partial charge in [-0.15, -0.1) is 0 Å². The predicted molar refractivity (Wildman–Crippen MR) is 66.6 cm³/mol. The Bertz CT molecular complexity index is 484.